The maximum Gasteiger partial charge on any atom is 0.379 e. The minimum Gasteiger partial charge on any atom is -0.457 e. The summed E-state index contributed by atoms with van der Waals surface area (Å²) in [5.74, 6) is -0.143. The fraction of sp³-hybridized carbons (Fsp3) is 0.211. The lowest BCUT2D eigenvalue weighted by atomic mass is 10.2. The molecule has 2 aromatic rings. The minimum atomic E-state index is -0.565. The molecule has 0 bridgehead atoms. The maximum atomic E-state index is 12.5. The van der Waals surface area contributed by atoms with Gasteiger partial charge in [-0.1, -0.05) is 36.1 Å². The van der Waals surface area contributed by atoms with Gasteiger partial charge in [-0.15, -0.1) is 0 Å². The fourth-order valence-corrected chi connectivity index (χ4v) is 3.70. The van der Waals surface area contributed by atoms with Gasteiger partial charge in [-0.3, -0.25) is 9.69 Å². The molecule has 1 aliphatic rings. The van der Waals surface area contributed by atoms with Gasteiger partial charge in [0.25, 0.3) is 5.91 Å². The van der Waals surface area contributed by atoms with E-state index in [0.717, 1.165) is 12.0 Å². The minimum absolute atomic E-state index is 0.102. The standard InChI is InChI=1S/C19H17NO5S2/c1-23-10-3-9-20-17(21)16(27-19(20)26)12-13-5-7-14(8-6-13)25-18(22)15-4-2-11-24-15/h2,4-8,11-12H,3,9-10H2,1H3/b16-12+. The first kappa shape index (κ1) is 19.3. The van der Waals surface area contributed by atoms with Crippen LogP contribution in [0, 0.1) is 0 Å². The quantitative estimate of drug-likeness (QED) is 0.229. The van der Waals surface area contributed by atoms with Gasteiger partial charge in [-0.05, 0) is 42.3 Å². The Morgan fingerprint density at radius 2 is 2.07 bits per heavy atom. The molecule has 8 heteroatoms. The molecule has 0 saturated carbocycles. The fourth-order valence-electron chi connectivity index (χ4n) is 2.40. The predicted molar refractivity (Wildman–Crippen MR) is 106 cm³/mol. The molecular weight excluding hydrogens is 386 g/mol. The van der Waals surface area contributed by atoms with Crippen molar-refractivity contribution in [1.82, 2.24) is 4.90 Å². The van der Waals surface area contributed by atoms with E-state index in [0.29, 0.717) is 28.1 Å². The van der Waals surface area contributed by atoms with E-state index in [1.54, 1.807) is 48.4 Å². The van der Waals surface area contributed by atoms with Crippen LogP contribution >= 0.6 is 24.0 Å². The summed E-state index contributed by atoms with van der Waals surface area (Å²) < 4.78 is 15.8. The normalized spacial score (nSPS) is 15.6. The zero-order chi connectivity index (χ0) is 19.2. The van der Waals surface area contributed by atoms with Crippen LogP contribution in [-0.2, 0) is 9.53 Å². The third-order valence-electron chi connectivity index (χ3n) is 3.71. The molecule has 0 unspecified atom stereocenters. The summed E-state index contributed by atoms with van der Waals surface area (Å²) in [6.07, 6.45) is 3.91. The summed E-state index contributed by atoms with van der Waals surface area (Å²) in [7, 11) is 1.62. The molecule has 0 radical (unpaired) electrons. The van der Waals surface area contributed by atoms with Crippen LogP contribution in [0.5, 0.6) is 5.75 Å². The van der Waals surface area contributed by atoms with E-state index in [4.69, 9.17) is 26.1 Å². The van der Waals surface area contributed by atoms with Gasteiger partial charge >= 0.3 is 5.97 Å². The lowest BCUT2D eigenvalue weighted by Crippen LogP contribution is -2.29. The number of thioether (sulfide) groups is 1. The predicted octanol–water partition coefficient (Wildman–Crippen LogP) is 3.74. The summed E-state index contributed by atoms with van der Waals surface area (Å²) in [5.41, 5.74) is 0.810. The number of esters is 1. The molecule has 140 valence electrons. The molecule has 0 spiro atoms. The Bertz CT molecular complexity index is 859. The Labute approximate surface area is 166 Å². The van der Waals surface area contributed by atoms with E-state index in [9.17, 15) is 9.59 Å². The highest BCUT2D eigenvalue weighted by molar-refractivity contribution is 8.26. The molecule has 1 aromatic carbocycles. The van der Waals surface area contributed by atoms with Crippen molar-refractivity contribution in [2.24, 2.45) is 0 Å². The van der Waals surface area contributed by atoms with Gasteiger partial charge in [0.1, 0.15) is 10.1 Å². The maximum absolute atomic E-state index is 12.5. The Hall–Kier alpha value is -2.42. The summed E-state index contributed by atoms with van der Waals surface area (Å²) in [6, 6.07) is 10.00. The first-order valence-electron chi connectivity index (χ1n) is 8.18. The number of hydrogen-bond acceptors (Lipinski definition) is 7. The molecule has 1 saturated heterocycles. The number of furan rings is 1. The van der Waals surface area contributed by atoms with E-state index in [2.05, 4.69) is 0 Å². The highest BCUT2D eigenvalue weighted by Crippen LogP contribution is 2.32. The molecule has 0 aliphatic carbocycles. The van der Waals surface area contributed by atoms with Crippen molar-refractivity contribution in [1.29, 1.82) is 0 Å². The Kier molecular flexibility index (Phi) is 6.44. The van der Waals surface area contributed by atoms with Crippen LogP contribution in [0.2, 0.25) is 0 Å². The van der Waals surface area contributed by atoms with E-state index in [1.807, 2.05) is 0 Å². The van der Waals surface area contributed by atoms with Crippen molar-refractivity contribution in [3.63, 3.8) is 0 Å². The van der Waals surface area contributed by atoms with Gasteiger partial charge in [0.15, 0.2) is 0 Å². The van der Waals surface area contributed by atoms with Gasteiger partial charge in [-0.25, -0.2) is 4.79 Å². The third-order valence-corrected chi connectivity index (χ3v) is 5.09. The average Bonchev–Trinajstić information content (AvgIpc) is 3.28. The molecule has 27 heavy (non-hydrogen) atoms. The van der Waals surface area contributed by atoms with E-state index >= 15 is 0 Å². The summed E-state index contributed by atoms with van der Waals surface area (Å²) >= 11 is 6.57. The Morgan fingerprint density at radius 3 is 2.74 bits per heavy atom. The number of nitrogens with zero attached hydrogens (tertiary/aromatic N) is 1. The molecule has 3 rings (SSSR count). The molecule has 1 fully saturated rings. The van der Waals surface area contributed by atoms with Gasteiger partial charge in [0.2, 0.25) is 5.76 Å². The van der Waals surface area contributed by atoms with Gasteiger partial charge in [-0.2, -0.15) is 0 Å². The van der Waals surface area contributed by atoms with Crippen LogP contribution in [0.25, 0.3) is 6.08 Å². The second kappa shape index (κ2) is 8.98. The Balaban J connectivity index is 1.64. The SMILES string of the molecule is COCCCN1C(=O)/C(=C\c2ccc(OC(=O)c3ccco3)cc2)SC1=S. The zero-order valence-corrected chi connectivity index (χ0v) is 16.2. The van der Waals surface area contributed by atoms with Crippen molar-refractivity contribution in [2.45, 2.75) is 6.42 Å². The second-order valence-corrected chi connectivity index (χ2v) is 7.29. The van der Waals surface area contributed by atoms with Crippen molar-refractivity contribution in [3.05, 3.63) is 58.9 Å². The van der Waals surface area contributed by atoms with Gasteiger partial charge in [0.05, 0.1) is 11.2 Å². The number of thiocarbonyl (C=S) groups is 1. The van der Waals surface area contributed by atoms with Crippen molar-refractivity contribution < 1.29 is 23.5 Å². The first-order valence-corrected chi connectivity index (χ1v) is 9.41. The van der Waals surface area contributed by atoms with Crippen LogP contribution in [-0.4, -0.2) is 41.4 Å². The number of benzene rings is 1. The largest absolute Gasteiger partial charge is 0.457 e. The first-order chi connectivity index (χ1) is 13.1. The van der Waals surface area contributed by atoms with E-state index in [-0.39, 0.29) is 11.7 Å². The van der Waals surface area contributed by atoms with Crippen molar-refractivity contribution in [2.75, 3.05) is 20.3 Å². The van der Waals surface area contributed by atoms with Crippen LogP contribution < -0.4 is 4.74 Å². The summed E-state index contributed by atoms with van der Waals surface area (Å²) in [4.78, 5) is 26.5. The molecule has 2 heterocycles. The summed E-state index contributed by atoms with van der Waals surface area (Å²) in [5, 5.41) is 0. The van der Waals surface area contributed by atoms with Crippen LogP contribution in [0.1, 0.15) is 22.5 Å². The van der Waals surface area contributed by atoms with Crippen LogP contribution in [0.4, 0.5) is 0 Å². The monoisotopic (exact) mass is 403 g/mol. The van der Waals surface area contributed by atoms with Crippen molar-refractivity contribution in [3.8, 4) is 5.75 Å². The molecule has 1 aliphatic heterocycles. The average molecular weight is 403 g/mol. The molecular formula is C19H17NO5S2. The lowest BCUT2D eigenvalue weighted by Gasteiger charge is -2.13. The third kappa shape index (κ3) is 4.85. The molecule has 1 amide bonds. The number of carbonyl (C=O) groups excluding carboxylic acids is 2. The highest BCUT2D eigenvalue weighted by atomic mass is 32.2. The second-order valence-electron chi connectivity index (χ2n) is 5.62. The van der Waals surface area contributed by atoms with E-state index in [1.165, 1.54) is 24.1 Å². The topological polar surface area (TPSA) is 69.0 Å². The lowest BCUT2D eigenvalue weighted by molar-refractivity contribution is -0.122. The number of ether oxygens (including phenoxy) is 2. The number of carbonyl (C=O) groups is 2. The number of hydrogen-bond donors (Lipinski definition) is 0. The number of amides is 1. The van der Waals surface area contributed by atoms with Gasteiger partial charge in [0, 0.05) is 20.3 Å². The molecule has 1 aromatic heterocycles. The zero-order valence-electron chi connectivity index (χ0n) is 14.5. The van der Waals surface area contributed by atoms with Gasteiger partial charge < -0.3 is 13.9 Å². The van der Waals surface area contributed by atoms with Crippen LogP contribution in [0.3, 0.4) is 0 Å². The van der Waals surface area contributed by atoms with E-state index < -0.39 is 5.97 Å². The molecule has 0 atom stereocenters. The number of methoxy groups -OCH3 is 1. The summed E-state index contributed by atoms with van der Waals surface area (Å²) in [6.45, 7) is 1.12. The number of rotatable bonds is 7. The smallest absolute Gasteiger partial charge is 0.379 e. The van der Waals surface area contributed by atoms with Crippen molar-refractivity contribution >= 4 is 46.3 Å². The highest BCUT2D eigenvalue weighted by Gasteiger charge is 2.31. The molecule has 6 nitrogen and oxygen atoms in total. The molecule has 0 N–H and O–H groups in total. The van der Waals surface area contributed by atoms with Crippen LogP contribution in [0.15, 0.2) is 52.0 Å². The Morgan fingerprint density at radius 1 is 1.30 bits per heavy atom.